The second-order valence-corrected chi connectivity index (χ2v) is 4.75. The largest absolute Gasteiger partial charge is 0.372 e. The van der Waals surface area contributed by atoms with Crippen LogP contribution >= 0.6 is 0 Å². The Bertz CT molecular complexity index is 630. The van der Waals surface area contributed by atoms with Gasteiger partial charge in [0, 0.05) is 36.9 Å². The molecular formula is C15H17N5. The van der Waals surface area contributed by atoms with Gasteiger partial charge in [-0.25, -0.2) is 9.97 Å². The average Bonchev–Trinajstić information content (AvgIpc) is 2.47. The molecule has 0 spiro atoms. The minimum Gasteiger partial charge on any atom is -0.372 e. The maximum Gasteiger partial charge on any atom is 0.183 e. The van der Waals surface area contributed by atoms with Crippen molar-refractivity contribution in [2.45, 2.75) is 19.9 Å². The molecule has 2 rings (SSSR count). The van der Waals surface area contributed by atoms with Crippen LogP contribution in [-0.2, 0) is 0 Å². The highest BCUT2D eigenvalue weighted by atomic mass is 15.1. The first-order valence-corrected chi connectivity index (χ1v) is 6.43. The van der Waals surface area contributed by atoms with E-state index < -0.39 is 0 Å². The quantitative estimate of drug-likeness (QED) is 0.922. The van der Waals surface area contributed by atoms with Crippen LogP contribution in [0.2, 0.25) is 0 Å². The Labute approximate surface area is 118 Å². The van der Waals surface area contributed by atoms with Gasteiger partial charge in [-0.05, 0) is 32.0 Å². The summed E-state index contributed by atoms with van der Waals surface area (Å²) in [6.45, 7) is 4.27. The van der Waals surface area contributed by atoms with Crippen molar-refractivity contribution in [1.82, 2.24) is 9.97 Å². The zero-order valence-corrected chi connectivity index (χ0v) is 11.8. The molecular weight excluding hydrogens is 250 g/mol. The molecule has 2 aromatic rings. The van der Waals surface area contributed by atoms with Gasteiger partial charge in [-0.2, -0.15) is 5.26 Å². The van der Waals surface area contributed by atoms with Crippen LogP contribution in [0.25, 0.3) is 0 Å². The Balaban J connectivity index is 2.27. The summed E-state index contributed by atoms with van der Waals surface area (Å²) in [4.78, 5) is 10.3. The first kappa shape index (κ1) is 13.8. The van der Waals surface area contributed by atoms with Crippen molar-refractivity contribution >= 4 is 17.2 Å². The molecule has 102 valence electrons. The Morgan fingerprint density at radius 3 is 2.70 bits per heavy atom. The lowest BCUT2D eigenvalue weighted by Crippen LogP contribution is -2.25. The fourth-order valence-electron chi connectivity index (χ4n) is 1.75. The van der Waals surface area contributed by atoms with Crippen LogP contribution in [0.4, 0.5) is 17.2 Å². The number of benzene rings is 1. The van der Waals surface area contributed by atoms with E-state index in [4.69, 9.17) is 5.26 Å². The second kappa shape index (κ2) is 6.02. The summed E-state index contributed by atoms with van der Waals surface area (Å²) in [5.41, 5.74) is 2.27. The van der Waals surface area contributed by atoms with Gasteiger partial charge in [-0.15, -0.1) is 0 Å². The van der Waals surface area contributed by atoms with E-state index in [2.05, 4.69) is 34.0 Å². The summed E-state index contributed by atoms with van der Waals surface area (Å²) in [7, 11) is 2.05. The second-order valence-electron chi connectivity index (χ2n) is 4.75. The van der Waals surface area contributed by atoms with E-state index in [9.17, 15) is 0 Å². The smallest absolute Gasteiger partial charge is 0.183 e. The van der Waals surface area contributed by atoms with E-state index in [0.29, 0.717) is 11.9 Å². The van der Waals surface area contributed by atoms with Gasteiger partial charge in [-0.1, -0.05) is 6.07 Å². The van der Waals surface area contributed by atoms with E-state index in [1.165, 1.54) is 6.20 Å². The summed E-state index contributed by atoms with van der Waals surface area (Å²) >= 11 is 0. The maximum atomic E-state index is 9.01. The zero-order valence-electron chi connectivity index (χ0n) is 11.8. The van der Waals surface area contributed by atoms with Crippen LogP contribution in [0.1, 0.15) is 19.5 Å². The van der Waals surface area contributed by atoms with Crippen molar-refractivity contribution in [3.63, 3.8) is 0 Å². The van der Waals surface area contributed by atoms with Crippen molar-refractivity contribution < 1.29 is 0 Å². The molecule has 0 amide bonds. The predicted octanol–water partition coefficient (Wildman–Crippen LogP) is 2.94. The highest BCUT2D eigenvalue weighted by Gasteiger charge is 2.07. The average molecular weight is 267 g/mol. The minimum absolute atomic E-state index is 0.287. The van der Waals surface area contributed by atoms with Crippen LogP contribution in [0.5, 0.6) is 0 Å². The molecule has 1 aromatic heterocycles. The summed E-state index contributed by atoms with van der Waals surface area (Å²) in [5.74, 6) is 0.472. The Morgan fingerprint density at radius 1 is 1.25 bits per heavy atom. The molecule has 0 unspecified atom stereocenters. The molecule has 0 fully saturated rings. The van der Waals surface area contributed by atoms with Gasteiger partial charge in [-0.3, -0.25) is 0 Å². The van der Waals surface area contributed by atoms with Crippen molar-refractivity contribution in [3.8, 4) is 6.07 Å². The summed E-state index contributed by atoms with van der Waals surface area (Å²) < 4.78 is 0. The summed E-state index contributed by atoms with van der Waals surface area (Å²) in [5, 5.41) is 12.1. The van der Waals surface area contributed by atoms with E-state index in [1.54, 1.807) is 6.20 Å². The lowest BCUT2D eigenvalue weighted by Gasteiger charge is -2.24. The van der Waals surface area contributed by atoms with Crippen LogP contribution in [0, 0.1) is 11.3 Å². The van der Waals surface area contributed by atoms with Crippen molar-refractivity contribution in [3.05, 3.63) is 42.4 Å². The number of hydrogen-bond donors (Lipinski definition) is 1. The van der Waals surface area contributed by atoms with Crippen LogP contribution in [-0.4, -0.2) is 23.1 Å². The van der Waals surface area contributed by atoms with Gasteiger partial charge in [0.15, 0.2) is 11.5 Å². The molecule has 1 N–H and O–H groups in total. The van der Waals surface area contributed by atoms with Crippen molar-refractivity contribution in [2.75, 3.05) is 17.3 Å². The molecule has 0 saturated carbocycles. The molecule has 0 radical (unpaired) electrons. The highest BCUT2D eigenvalue weighted by Crippen LogP contribution is 2.23. The third-order valence-electron chi connectivity index (χ3n) is 3.09. The first-order valence-electron chi connectivity index (χ1n) is 6.43. The monoisotopic (exact) mass is 267 g/mol. The van der Waals surface area contributed by atoms with E-state index in [1.807, 2.05) is 37.4 Å². The molecule has 0 aliphatic heterocycles. The lowest BCUT2D eigenvalue weighted by atomic mass is 10.2. The summed E-state index contributed by atoms with van der Waals surface area (Å²) in [6, 6.07) is 10.4. The first-order chi connectivity index (χ1) is 9.61. The molecule has 5 nitrogen and oxygen atoms in total. The normalized spacial score (nSPS) is 10.2. The molecule has 0 aliphatic carbocycles. The predicted molar refractivity (Wildman–Crippen MR) is 80.0 cm³/mol. The van der Waals surface area contributed by atoms with Gasteiger partial charge in [0.05, 0.1) is 0 Å². The molecule has 0 saturated heterocycles. The van der Waals surface area contributed by atoms with Crippen LogP contribution in [0.3, 0.4) is 0 Å². The third kappa shape index (κ3) is 3.04. The highest BCUT2D eigenvalue weighted by molar-refractivity contribution is 5.65. The SMILES string of the molecule is CC(C)N(C)c1cccc(Nc2nccnc2C#N)c1. The fourth-order valence-corrected chi connectivity index (χ4v) is 1.75. The van der Waals surface area contributed by atoms with E-state index >= 15 is 0 Å². The van der Waals surface area contributed by atoms with Gasteiger partial charge >= 0.3 is 0 Å². The van der Waals surface area contributed by atoms with Crippen LogP contribution in [0.15, 0.2) is 36.7 Å². The number of aromatic nitrogens is 2. The molecule has 1 heterocycles. The van der Waals surface area contributed by atoms with Crippen molar-refractivity contribution in [2.24, 2.45) is 0 Å². The summed E-state index contributed by atoms with van der Waals surface area (Å²) in [6.07, 6.45) is 3.07. The molecule has 0 aliphatic rings. The number of hydrogen-bond acceptors (Lipinski definition) is 5. The third-order valence-corrected chi connectivity index (χ3v) is 3.09. The topological polar surface area (TPSA) is 64.8 Å². The van der Waals surface area contributed by atoms with Crippen molar-refractivity contribution in [1.29, 1.82) is 5.26 Å². The number of nitriles is 1. The number of nitrogens with one attached hydrogen (secondary N) is 1. The Morgan fingerprint density at radius 2 is 2.00 bits per heavy atom. The van der Waals surface area contributed by atoms with Gasteiger partial charge in [0.2, 0.25) is 0 Å². The zero-order chi connectivity index (χ0) is 14.5. The molecule has 0 bridgehead atoms. The van der Waals surface area contributed by atoms with E-state index in [-0.39, 0.29) is 5.69 Å². The molecule has 0 atom stereocenters. The number of anilines is 3. The number of rotatable bonds is 4. The maximum absolute atomic E-state index is 9.01. The Hall–Kier alpha value is -2.61. The molecule has 1 aromatic carbocycles. The van der Waals surface area contributed by atoms with Gasteiger partial charge in [0.1, 0.15) is 6.07 Å². The van der Waals surface area contributed by atoms with E-state index in [0.717, 1.165) is 11.4 Å². The van der Waals surface area contributed by atoms with Crippen LogP contribution < -0.4 is 10.2 Å². The molecule has 20 heavy (non-hydrogen) atoms. The van der Waals surface area contributed by atoms with Gasteiger partial charge in [0.25, 0.3) is 0 Å². The number of nitrogens with zero attached hydrogens (tertiary/aromatic N) is 4. The van der Waals surface area contributed by atoms with Gasteiger partial charge < -0.3 is 10.2 Å². The minimum atomic E-state index is 0.287. The standard InChI is InChI=1S/C15H17N5/c1-11(2)20(3)13-6-4-5-12(9-13)19-15-14(10-16)17-7-8-18-15/h4-9,11H,1-3H3,(H,18,19). The molecule has 5 heteroatoms. The Kier molecular flexibility index (Phi) is 4.16. The lowest BCUT2D eigenvalue weighted by molar-refractivity contribution is 0.755. The fraction of sp³-hybridized carbons (Fsp3) is 0.267.